The molecule has 0 saturated heterocycles. The molecular weight excluding hydrogens is 403 g/mol. The highest BCUT2D eigenvalue weighted by molar-refractivity contribution is 5.92. The quantitative estimate of drug-likeness (QED) is 0.438. The highest BCUT2D eigenvalue weighted by Gasteiger charge is 2.30. The van der Waals surface area contributed by atoms with Gasteiger partial charge in [-0.2, -0.15) is 13.2 Å². The first-order valence-electron chi connectivity index (χ1n) is 9.56. The summed E-state index contributed by atoms with van der Waals surface area (Å²) in [4.78, 5) is 17.2. The molecule has 0 atom stereocenters. The predicted octanol–water partition coefficient (Wildman–Crippen LogP) is 5.86. The summed E-state index contributed by atoms with van der Waals surface area (Å²) in [5.41, 5.74) is 1.74. The van der Waals surface area contributed by atoms with Gasteiger partial charge in [0.05, 0.1) is 16.6 Å². The van der Waals surface area contributed by atoms with Crippen LogP contribution >= 0.6 is 0 Å². The number of benzene rings is 3. The molecule has 0 bridgehead atoms. The van der Waals surface area contributed by atoms with Gasteiger partial charge in [-0.25, -0.2) is 4.98 Å². The maximum Gasteiger partial charge on any atom is 0.416 e. The zero-order valence-corrected chi connectivity index (χ0v) is 16.3. The lowest BCUT2D eigenvalue weighted by molar-refractivity contribution is -0.137. The summed E-state index contributed by atoms with van der Waals surface area (Å²) in [5.74, 6) is 0.126. The SMILES string of the molecule is O=C(Cn1c(/C=C/c2ccccc2)nc2ccccc21)Nc1cccc(C(F)(F)F)c1. The van der Waals surface area contributed by atoms with Crippen LogP contribution in [0.25, 0.3) is 23.2 Å². The molecule has 3 aromatic carbocycles. The predicted molar refractivity (Wildman–Crippen MR) is 115 cm³/mol. The van der Waals surface area contributed by atoms with E-state index in [1.54, 1.807) is 4.57 Å². The first-order chi connectivity index (χ1) is 14.9. The first kappa shape index (κ1) is 20.4. The fourth-order valence-corrected chi connectivity index (χ4v) is 3.24. The van der Waals surface area contributed by atoms with Crippen LogP contribution in [0.2, 0.25) is 0 Å². The molecule has 7 heteroatoms. The number of halogens is 3. The Labute approximate surface area is 176 Å². The lowest BCUT2D eigenvalue weighted by Crippen LogP contribution is -2.20. The molecule has 4 nitrogen and oxygen atoms in total. The summed E-state index contributed by atoms with van der Waals surface area (Å²) in [5, 5.41) is 2.55. The Morgan fingerprint density at radius 1 is 0.935 bits per heavy atom. The first-order valence-corrected chi connectivity index (χ1v) is 9.56. The summed E-state index contributed by atoms with van der Waals surface area (Å²) >= 11 is 0. The molecular formula is C24H18F3N3O. The summed E-state index contributed by atoms with van der Waals surface area (Å²) in [6.07, 6.45) is -0.772. The van der Waals surface area contributed by atoms with Gasteiger partial charge >= 0.3 is 6.18 Å². The number of carbonyl (C=O) groups is 1. The fourth-order valence-electron chi connectivity index (χ4n) is 3.24. The number of nitrogens with one attached hydrogen (secondary N) is 1. The van der Waals surface area contributed by atoms with Crippen LogP contribution in [0.15, 0.2) is 78.9 Å². The van der Waals surface area contributed by atoms with E-state index in [4.69, 9.17) is 0 Å². The maximum atomic E-state index is 12.9. The molecule has 0 unspecified atom stereocenters. The second-order valence-corrected chi connectivity index (χ2v) is 6.92. The van der Waals surface area contributed by atoms with Crippen molar-refractivity contribution in [1.29, 1.82) is 0 Å². The van der Waals surface area contributed by atoms with Gasteiger partial charge in [-0.05, 0) is 42.0 Å². The van der Waals surface area contributed by atoms with Crippen LogP contribution in [-0.2, 0) is 17.5 Å². The third-order valence-electron chi connectivity index (χ3n) is 4.68. The number of hydrogen-bond donors (Lipinski definition) is 1. The monoisotopic (exact) mass is 421 g/mol. The van der Waals surface area contributed by atoms with Crippen molar-refractivity contribution in [3.8, 4) is 0 Å². The van der Waals surface area contributed by atoms with E-state index >= 15 is 0 Å². The van der Waals surface area contributed by atoms with Gasteiger partial charge in [0.1, 0.15) is 12.4 Å². The normalized spacial score (nSPS) is 11.8. The Kier molecular flexibility index (Phi) is 5.58. The number of alkyl halides is 3. The molecule has 0 spiro atoms. The third-order valence-corrected chi connectivity index (χ3v) is 4.68. The van der Waals surface area contributed by atoms with E-state index in [2.05, 4.69) is 10.3 Å². The molecule has 156 valence electrons. The van der Waals surface area contributed by atoms with E-state index in [1.165, 1.54) is 12.1 Å². The van der Waals surface area contributed by atoms with Crippen molar-refractivity contribution in [2.24, 2.45) is 0 Å². The molecule has 0 aliphatic carbocycles. The van der Waals surface area contributed by atoms with Crippen LogP contribution in [-0.4, -0.2) is 15.5 Å². The topological polar surface area (TPSA) is 46.9 Å². The fraction of sp³-hybridized carbons (Fsp3) is 0.0833. The van der Waals surface area contributed by atoms with E-state index in [1.807, 2.05) is 66.7 Å². The standard InChI is InChI=1S/C24H18F3N3O/c25-24(26,27)18-9-6-10-19(15-18)28-23(31)16-30-21-12-5-4-11-20(21)29-22(30)14-13-17-7-2-1-3-8-17/h1-15H,16H2,(H,28,31)/b14-13+. The minimum Gasteiger partial charge on any atom is -0.325 e. The number of carbonyl (C=O) groups excluding carboxylic acids is 1. The number of anilines is 1. The van der Waals surface area contributed by atoms with Gasteiger partial charge in [-0.1, -0.05) is 54.6 Å². The molecule has 1 N–H and O–H groups in total. The van der Waals surface area contributed by atoms with Gasteiger partial charge in [0.25, 0.3) is 0 Å². The highest BCUT2D eigenvalue weighted by atomic mass is 19.4. The molecule has 1 aromatic heterocycles. The number of imidazole rings is 1. The minimum atomic E-state index is -4.48. The minimum absolute atomic E-state index is 0.0885. The highest BCUT2D eigenvalue weighted by Crippen LogP contribution is 2.30. The van der Waals surface area contributed by atoms with Crippen LogP contribution in [0, 0.1) is 0 Å². The van der Waals surface area contributed by atoms with Crippen molar-refractivity contribution >= 4 is 34.8 Å². The van der Waals surface area contributed by atoms with Crippen LogP contribution < -0.4 is 5.32 Å². The van der Waals surface area contributed by atoms with Gasteiger partial charge in [-0.15, -0.1) is 0 Å². The summed E-state index contributed by atoms with van der Waals surface area (Å²) in [6.45, 7) is -0.0920. The van der Waals surface area contributed by atoms with E-state index in [-0.39, 0.29) is 12.2 Å². The molecule has 1 amide bonds. The number of rotatable bonds is 5. The van der Waals surface area contributed by atoms with Crippen molar-refractivity contribution in [3.05, 3.63) is 95.8 Å². The van der Waals surface area contributed by atoms with E-state index < -0.39 is 17.6 Å². The number of aromatic nitrogens is 2. The smallest absolute Gasteiger partial charge is 0.325 e. The lowest BCUT2D eigenvalue weighted by atomic mass is 10.2. The van der Waals surface area contributed by atoms with Gasteiger partial charge in [0, 0.05) is 5.69 Å². The van der Waals surface area contributed by atoms with Crippen LogP contribution in [0.3, 0.4) is 0 Å². The van der Waals surface area contributed by atoms with Crippen LogP contribution in [0.4, 0.5) is 18.9 Å². The Bertz CT molecular complexity index is 1240. The van der Waals surface area contributed by atoms with E-state index in [0.717, 1.165) is 28.7 Å². The average Bonchev–Trinajstić information content (AvgIpc) is 3.10. The van der Waals surface area contributed by atoms with Gasteiger partial charge in [-0.3, -0.25) is 4.79 Å². The van der Waals surface area contributed by atoms with Gasteiger partial charge in [0.2, 0.25) is 5.91 Å². The van der Waals surface area contributed by atoms with E-state index in [0.29, 0.717) is 5.82 Å². The molecule has 0 aliphatic heterocycles. The lowest BCUT2D eigenvalue weighted by Gasteiger charge is -2.11. The molecule has 0 saturated carbocycles. The van der Waals surface area contributed by atoms with Crippen molar-refractivity contribution < 1.29 is 18.0 Å². The third kappa shape index (κ3) is 4.83. The zero-order valence-electron chi connectivity index (χ0n) is 16.3. The van der Waals surface area contributed by atoms with Crippen molar-refractivity contribution in [2.75, 3.05) is 5.32 Å². The number of para-hydroxylation sites is 2. The summed E-state index contributed by atoms with van der Waals surface area (Å²) in [7, 11) is 0. The number of hydrogen-bond acceptors (Lipinski definition) is 2. The number of fused-ring (bicyclic) bond motifs is 1. The van der Waals surface area contributed by atoms with Crippen molar-refractivity contribution in [3.63, 3.8) is 0 Å². The van der Waals surface area contributed by atoms with Gasteiger partial charge in [0.15, 0.2) is 0 Å². The van der Waals surface area contributed by atoms with Crippen LogP contribution in [0.1, 0.15) is 17.0 Å². The zero-order chi connectivity index (χ0) is 21.8. The van der Waals surface area contributed by atoms with Crippen molar-refractivity contribution in [2.45, 2.75) is 12.7 Å². The van der Waals surface area contributed by atoms with Crippen LogP contribution in [0.5, 0.6) is 0 Å². The molecule has 0 aliphatic rings. The molecule has 31 heavy (non-hydrogen) atoms. The Hall–Kier alpha value is -3.87. The Morgan fingerprint density at radius 2 is 1.68 bits per heavy atom. The molecule has 1 heterocycles. The summed E-state index contributed by atoms with van der Waals surface area (Å²) < 4.78 is 40.5. The second kappa shape index (κ2) is 8.47. The van der Waals surface area contributed by atoms with E-state index in [9.17, 15) is 18.0 Å². The molecule has 0 fully saturated rings. The average molecular weight is 421 g/mol. The number of amides is 1. The largest absolute Gasteiger partial charge is 0.416 e. The molecule has 0 radical (unpaired) electrons. The van der Waals surface area contributed by atoms with Crippen molar-refractivity contribution in [1.82, 2.24) is 9.55 Å². The molecule has 4 rings (SSSR count). The Balaban J connectivity index is 1.60. The maximum absolute atomic E-state index is 12.9. The second-order valence-electron chi connectivity index (χ2n) is 6.92. The molecule has 4 aromatic rings. The number of nitrogens with zero attached hydrogens (tertiary/aromatic N) is 2. The summed E-state index contributed by atoms with van der Waals surface area (Å²) in [6, 6.07) is 21.6. The van der Waals surface area contributed by atoms with Gasteiger partial charge < -0.3 is 9.88 Å². The Morgan fingerprint density at radius 3 is 2.45 bits per heavy atom.